The van der Waals surface area contributed by atoms with Crippen molar-refractivity contribution < 1.29 is 9.18 Å². The summed E-state index contributed by atoms with van der Waals surface area (Å²) < 4.78 is 15.0. The molecule has 0 radical (unpaired) electrons. The van der Waals surface area contributed by atoms with E-state index in [9.17, 15) is 9.18 Å². The molecule has 106 valence electrons. The Bertz CT molecular complexity index is 842. The van der Waals surface area contributed by atoms with Gasteiger partial charge in [-0.1, -0.05) is 35.3 Å². The largest absolute Gasteiger partial charge is 0.342 e. The number of carbonyl (C=O) groups excluding carboxylic acids is 1. The van der Waals surface area contributed by atoms with Gasteiger partial charge < -0.3 is 4.57 Å². The Hall–Kier alpha value is -1.84. The van der Waals surface area contributed by atoms with Crippen molar-refractivity contribution in [3.63, 3.8) is 0 Å². The summed E-state index contributed by atoms with van der Waals surface area (Å²) in [6, 6.07) is 9.61. The number of benzene rings is 2. The lowest BCUT2D eigenvalue weighted by Crippen LogP contribution is -1.99. The summed E-state index contributed by atoms with van der Waals surface area (Å²) in [5.41, 5.74) is 2.19. The first-order chi connectivity index (χ1) is 10.1. The van der Waals surface area contributed by atoms with Crippen molar-refractivity contribution in [3.05, 3.63) is 69.6 Å². The van der Waals surface area contributed by atoms with E-state index >= 15 is 0 Å². The van der Waals surface area contributed by atoms with Gasteiger partial charge >= 0.3 is 0 Å². The predicted molar refractivity (Wildman–Crippen MR) is 82.8 cm³/mol. The van der Waals surface area contributed by atoms with Crippen molar-refractivity contribution >= 4 is 40.4 Å². The van der Waals surface area contributed by atoms with E-state index in [0.29, 0.717) is 22.2 Å². The second kappa shape index (κ2) is 5.51. The highest BCUT2D eigenvalue weighted by Crippen LogP contribution is 2.26. The van der Waals surface area contributed by atoms with Gasteiger partial charge in [0.15, 0.2) is 6.29 Å². The Morgan fingerprint density at radius 2 is 1.95 bits per heavy atom. The molecule has 0 unspecified atom stereocenters. The van der Waals surface area contributed by atoms with Gasteiger partial charge in [0, 0.05) is 33.7 Å². The van der Waals surface area contributed by atoms with Crippen LogP contribution in [-0.4, -0.2) is 10.9 Å². The molecular formula is C16H10Cl2FNO. The average molecular weight is 322 g/mol. The third kappa shape index (κ3) is 2.67. The molecule has 21 heavy (non-hydrogen) atoms. The zero-order valence-corrected chi connectivity index (χ0v) is 12.3. The predicted octanol–water partition coefficient (Wildman–Crippen LogP) is 4.95. The van der Waals surface area contributed by atoms with E-state index in [1.165, 1.54) is 12.1 Å². The molecule has 2 aromatic carbocycles. The fraction of sp³-hybridized carbons (Fsp3) is 0.0625. The van der Waals surface area contributed by atoms with Crippen LogP contribution in [0.15, 0.2) is 42.6 Å². The Morgan fingerprint density at radius 3 is 2.67 bits per heavy atom. The molecule has 0 N–H and O–H groups in total. The van der Waals surface area contributed by atoms with Gasteiger partial charge in [0.05, 0.1) is 5.52 Å². The van der Waals surface area contributed by atoms with Gasteiger partial charge in [-0.15, -0.1) is 0 Å². The Balaban J connectivity index is 2.11. The first-order valence-electron chi connectivity index (χ1n) is 6.26. The minimum atomic E-state index is -0.377. The van der Waals surface area contributed by atoms with Crippen molar-refractivity contribution in [2.24, 2.45) is 0 Å². The van der Waals surface area contributed by atoms with E-state index in [0.717, 1.165) is 22.8 Å². The molecule has 0 spiro atoms. The summed E-state index contributed by atoms with van der Waals surface area (Å²) in [5, 5.41) is 1.77. The van der Waals surface area contributed by atoms with Crippen LogP contribution in [0.2, 0.25) is 10.0 Å². The van der Waals surface area contributed by atoms with Crippen LogP contribution in [-0.2, 0) is 6.54 Å². The molecule has 2 nitrogen and oxygen atoms in total. The summed E-state index contributed by atoms with van der Waals surface area (Å²) in [4.78, 5) is 11.2. The van der Waals surface area contributed by atoms with Crippen LogP contribution >= 0.6 is 23.2 Å². The number of nitrogens with zero attached hydrogens (tertiary/aromatic N) is 1. The van der Waals surface area contributed by atoms with Gasteiger partial charge in [-0.2, -0.15) is 0 Å². The van der Waals surface area contributed by atoms with Gasteiger partial charge in [-0.3, -0.25) is 4.79 Å². The molecule has 0 saturated heterocycles. The summed E-state index contributed by atoms with van der Waals surface area (Å²) in [6.07, 6.45) is 2.55. The molecule has 0 bridgehead atoms. The standard InChI is InChI=1S/C16H10Cl2FNO/c17-12-2-4-14-11(9-21)8-20(16(14)5-12)7-10-1-3-13(19)6-15(10)18/h1-6,8-9H,7H2. The Labute approximate surface area is 130 Å². The third-order valence-corrected chi connectivity index (χ3v) is 3.94. The van der Waals surface area contributed by atoms with Crippen LogP contribution in [0.5, 0.6) is 0 Å². The fourth-order valence-electron chi connectivity index (χ4n) is 2.35. The number of aldehydes is 1. The number of halogens is 3. The fourth-order valence-corrected chi connectivity index (χ4v) is 2.74. The molecule has 3 rings (SSSR count). The van der Waals surface area contributed by atoms with Crippen LogP contribution in [0, 0.1) is 5.82 Å². The number of carbonyl (C=O) groups is 1. The van der Waals surface area contributed by atoms with Crippen molar-refractivity contribution in [2.75, 3.05) is 0 Å². The number of fused-ring (bicyclic) bond motifs is 1. The third-order valence-electron chi connectivity index (χ3n) is 3.36. The van der Waals surface area contributed by atoms with Crippen LogP contribution in [0.25, 0.3) is 10.9 Å². The van der Waals surface area contributed by atoms with Gasteiger partial charge in [-0.25, -0.2) is 4.39 Å². The number of hydrogen-bond acceptors (Lipinski definition) is 1. The van der Waals surface area contributed by atoms with Gasteiger partial charge in [0.25, 0.3) is 0 Å². The maximum Gasteiger partial charge on any atom is 0.152 e. The molecule has 5 heteroatoms. The highest BCUT2D eigenvalue weighted by molar-refractivity contribution is 6.31. The summed E-state index contributed by atoms with van der Waals surface area (Å²) in [5.74, 6) is -0.377. The topological polar surface area (TPSA) is 22.0 Å². The number of rotatable bonds is 3. The monoisotopic (exact) mass is 321 g/mol. The smallest absolute Gasteiger partial charge is 0.152 e. The molecule has 0 amide bonds. The van der Waals surface area contributed by atoms with Crippen LogP contribution in [0.4, 0.5) is 4.39 Å². The number of aromatic nitrogens is 1. The summed E-state index contributed by atoms with van der Waals surface area (Å²) in [6.45, 7) is 0.434. The van der Waals surface area contributed by atoms with Crippen molar-refractivity contribution in [3.8, 4) is 0 Å². The molecule has 0 aliphatic rings. The quantitative estimate of drug-likeness (QED) is 0.626. The van der Waals surface area contributed by atoms with E-state index in [1.54, 1.807) is 24.4 Å². The maximum absolute atomic E-state index is 13.1. The Kier molecular flexibility index (Phi) is 3.70. The maximum atomic E-state index is 13.1. The highest BCUT2D eigenvalue weighted by atomic mass is 35.5. The molecule has 0 aliphatic carbocycles. The lowest BCUT2D eigenvalue weighted by molar-refractivity contribution is 0.112. The molecule has 1 aromatic heterocycles. The van der Waals surface area contributed by atoms with Crippen LogP contribution in [0.1, 0.15) is 15.9 Å². The molecule has 0 aliphatic heterocycles. The van der Waals surface area contributed by atoms with Crippen molar-refractivity contribution in [1.29, 1.82) is 0 Å². The highest BCUT2D eigenvalue weighted by Gasteiger charge is 2.10. The molecule has 0 fully saturated rings. The lowest BCUT2D eigenvalue weighted by Gasteiger charge is -2.08. The van der Waals surface area contributed by atoms with E-state index in [-0.39, 0.29) is 5.82 Å². The lowest BCUT2D eigenvalue weighted by atomic mass is 10.2. The minimum absolute atomic E-state index is 0.353. The van der Waals surface area contributed by atoms with E-state index in [1.807, 2.05) is 10.6 Å². The van der Waals surface area contributed by atoms with E-state index < -0.39 is 0 Å². The minimum Gasteiger partial charge on any atom is -0.342 e. The zero-order valence-electron chi connectivity index (χ0n) is 10.8. The van der Waals surface area contributed by atoms with Crippen LogP contribution < -0.4 is 0 Å². The summed E-state index contributed by atoms with van der Waals surface area (Å²) in [7, 11) is 0. The molecular weight excluding hydrogens is 312 g/mol. The molecule has 3 aromatic rings. The number of hydrogen-bond donors (Lipinski definition) is 0. The van der Waals surface area contributed by atoms with E-state index in [4.69, 9.17) is 23.2 Å². The van der Waals surface area contributed by atoms with Gasteiger partial charge in [-0.05, 0) is 29.8 Å². The summed E-state index contributed by atoms with van der Waals surface area (Å²) >= 11 is 12.1. The van der Waals surface area contributed by atoms with Crippen LogP contribution in [0.3, 0.4) is 0 Å². The van der Waals surface area contributed by atoms with Crippen molar-refractivity contribution in [2.45, 2.75) is 6.54 Å². The first-order valence-corrected chi connectivity index (χ1v) is 7.01. The second-order valence-electron chi connectivity index (χ2n) is 4.73. The van der Waals surface area contributed by atoms with E-state index in [2.05, 4.69) is 0 Å². The zero-order chi connectivity index (χ0) is 15.0. The normalized spacial score (nSPS) is 11.0. The first kappa shape index (κ1) is 14.1. The average Bonchev–Trinajstić information content (AvgIpc) is 2.79. The molecule has 1 heterocycles. The van der Waals surface area contributed by atoms with Gasteiger partial charge in [0.1, 0.15) is 5.82 Å². The van der Waals surface area contributed by atoms with Crippen molar-refractivity contribution in [1.82, 2.24) is 4.57 Å². The Morgan fingerprint density at radius 1 is 1.14 bits per heavy atom. The molecule has 0 saturated carbocycles. The van der Waals surface area contributed by atoms with Gasteiger partial charge in [0.2, 0.25) is 0 Å². The molecule has 0 atom stereocenters. The second-order valence-corrected chi connectivity index (χ2v) is 5.57. The SMILES string of the molecule is O=Cc1cn(Cc2ccc(F)cc2Cl)c2cc(Cl)ccc12.